The first-order chi connectivity index (χ1) is 21.7. The Hall–Kier alpha value is -1.46. The summed E-state index contributed by atoms with van der Waals surface area (Å²) in [5, 5.41) is 0. The summed E-state index contributed by atoms with van der Waals surface area (Å²) in [6.07, 6.45) is 39.4. The molecule has 0 aromatic rings. The third kappa shape index (κ3) is 36.7. The predicted molar refractivity (Wildman–Crippen MR) is 184 cm³/mol. The number of hydrogen-bond donors (Lipinski definition) is 0. The fraction of sp³-hybridized carbons (Fsp3) is 0.947. The minimum Gasteiger partial charge on any atom is -0.432 e. The number of ether oxygens (including phenoxy) is 2. The van der Waals surface area contributed by atoms with Gasteiger partial charge in [0.2, 0.25) is 0 Å². The molecule has 0 unspecified atom stereocenters. The molecule has 0 saturated heterocycles. The number of unbranched alkanes of at least 4 members (excludes halogenated alkanes) is 30. The van der Waals surface area contributed by atoms with Crippen LogP contribution in [0.2, 0.25) is 0 Å². The van der Waals surface area contributed by atoms with E-state index in [1.54, 1.807) is 0 Å². The largest absolute Gasteiger partial charge is 0.549 e. The molecule has 0 saturated carbocycles. The fourth-order valence-electron chi connectivity index (χ4n) is 5.73. The molecule has 0 rings (SSSR count). The maximum atomic E-state index is 11.6. The Kier molecular flexibility index (Phi) is 36.5. The second-order valence-corrected chi connectivity index (χ2v) is 13.0. The maximum Gasteiger partial charge on any atom is 0.549 e. The molecule has 0 aliphatic heterocycles. The topological polar surface area (TPSA) is 71.1 Å². The van der Waals surface area contributed by atoms with Gasteiger partial charge in [-0.25, -0.2) is 0 Å². The van der Waals surface area contributed by atoms with Gasteiger partial charge in [0.15, 0.2) is 0 Å². The molecule has 0 N–H and O–H groups in total. The molecule has 6 heteroatoms. The van der Waals surface area contributed by atoms with Crippen LogP contribution in [0.5, 0.6) is 0 Å². The summed E-state index contributed by atoms with van der Waals surface area (Å²) in [5.74, 6) is 0. The number of rotatable bonds is 34. The Morgan fingerprint density at radius 3 is 0.682 bits per heavy atom. The van der Waals surface area contributed by atoms with Crippen LogP contribution in [0, 0.1) is 0 Å². The summed E-state index contributed by atoms with van der Waals surface area (Å²) < 4.78 is 9.91. The molecular formula is C38H74O6. The molecule has 262 valence electrons. The highest BCUT2D eigenvalue weighted by atomic mass is 17.3. The zero-order valence-electron chi connectivity index (χ0n) is 29.5. The van der Waals surface area contributed by atoms with Crippen LogP contribution in [-0.2, 0) is 19.2 Å². The van der Waals surface area contributed by atoms with E-state index in [1.165, 1.54) is 167 Å². The first-order valence-corrected chi connectivity index (χ1v) is 19.4. The molecule has 0 atom stereocenters. The molecule has 0 heterocycles. The third-order valence-electron chi connectivity index (χ3n) is 8.61. The first-order valence-electron chi connectivity index (χ1n) is 19.4. The lowest BCUT2D eigenvalue weighted by molar-refractivity contribution is -0.217. The van der Waals surface area contributed by atoms with E-state index in [4.69, 9.17) is 9.47 Å². The maximum absolute atomic E-state index is 11.6. The van der Waals surface area contributed by atoms with Crippen LogP contribution in [0.15, 0.2) is 0 Å². The van der Waals surface area contributed by atoms with E-state index in [0.29, 0.717) is 0 Å². The smallest absolute Gasteiger partial charge is 0.432 e. The zero-order valence-corrected chi connectivity index (χ0v) is 29.5. The van der Waals surface area contributed by atoms with Gasteiger partial charge in [0.05, 0.1) is 13.2 Å². The number of carbonyl (C=O) groups excluding carboxylic acids is 2. The van der Waals surface area contributed by atoms with Crippen LogP contribution in [0.3, 0.4) is 0 Å². The van der Waals surface area contributed by atoms with Crippen LogP contribution in [-0.4, -0.2) is 25.5 Å². The Labute approximate surface area is 273 Å². The lowest BCUT2D eigenvalue weighted by atomic mass is 10.0. The SMILES string of the molecule is CCCCCCCCCCCCCCCCCCOC(=O)OOC(=O)OCCCCCCCCCCCCCCCCCC. The molecule has 0 aromatic heterocycles. The minimum absolute atomic E-state index is 0.273. The molecule has 0 bridgehead atoms. The average molecular weight is 627 g/mol. The van der Waals surface area contributed by atoms with Crippen molar-refractivity contribution in [1.29, 1.82) is 0 Å². The summed E-state index contributed by atoms with van der Waals surface area (Å²) in [6, 6.07) is 0. The van der Waals surface area contributed by atoms with Crippen molar-refractivity contribution >= 4 is 12.3 Å². The Balaban J connectivity index is 3.26. The summed E-state index contributed by atoms with van der Waals surface area (Å²) in [7, 11) is 0. The highest BCUT2D eigenvalue weighted by Gasteiger charge is 2.11. The molecule has 0 fully saturated rings. The summed E-state index contributed by atoms with van der Waals surface area (Å²) in [6.45, 7) is 5.09. The molecule has 0 amide bonds. The Bertz CT molecular complexity index is 532. The first kappa shape index (κ1) is 42.5. The quantitative estimate of drug-likeness (QED) is 0.0306. The van der Waals surface area contributed by atoms with Gasteiger partial charge in [-0.1, -0.05) is 206 Å². The van der Waals surface area contributed by atoms with Gasteiger partial charge in [-0.2, -0.15) is 19.4 Å². The van der Waals surface area contributed by atoms with Crippen molar-refractivity contribution in [3.63, 3.8) is 0 Å². The van der Waals surface area contributed by atoms with Crippen molar-refractivity contribution in [2.24, 2.45) is 0 Å². The van der Waals surface area contributed by atoms with Crippen molar-refractivity contribution in [2.75, 3.05) is 13.2 Å². The molecule has 0 radical (unpaired) electrons. The minimum atomic E-state index is -0.995. The predicted octanol–water partition coefficient (Wildman–Crippen LogP) is 13.7. The highest BCUT2D eigenvalue weighted by molar-refractivity contribution is 5.63. The third-order valence-corrected chi connectivity index (χ3v) is 8.61. The van der Waals surface area contributed by atoms with Crippen molar-refractivity contribution in [3.05, 3.63) is 0 Å². The van der Waals surface area contributed by atoms with Crippen molar-refractivity contribution < 1.29 is 28.8 Å². The molecule has 6 nitrogen and oxygen atoms in total. The van der Waals surface area contributed by atoms with Crippen molar-refractivity contribution in [1.82, 2.24) is 0 Å². The standard InChI is InChI=1S/C38H74O6/c1-3-5-7-9-11-13-15-17-19-21-23-25-27-29-31-33-35-41-37(39)43-44-38(40)42-36-34-32-30-28-26-24-22-20-18-16-14-12-10-8-6-4-2/h3-36H2,1-2H3. The molecule has 0 aromatic carbocycles. The van der Waals surface area contributed by atoms with Gasteiger partial charge < -0.3 is 9.47 Å². The van der Waals surface area contributed by atoms with E-state index in [9.17, 15) is 9.59 Å². The van der Waals surface area contributed by atoms with Gasteiger partial charge in [0.25, 0.3) is 0 Å². The number of carbonyl (C=O) groups is 2. The monoisotopic (exact) mass is 627 g/mol. The van der Waals surface area contributed by atoms with Crippen LogP contribution in [0.4, 0.5) is 9.59 Å². The summed E-state index contributed by atoms with van der Waals surface area (Å²) in [4.78, 5) is 31.9. The van der Waals surface area contributed by atoms with E-state index in [0.717, 1.165) is 38.5 Å². The molecular weight excluding hydrogens is 552 g/mol. The molecule has 0 spiro atoms. The van der Waals surface area contributed by atoms with Crippen LogP contribution in [0.25, 0.3) is 0 Å². The van der Waals surface area contributed by atoms with Crippen LogP contribution < -0.4 is 0 Å². The van der Waals surface area contributed by atoms with Gasteiger partial charge in [-0.05, 0) is 12.8 Å². The normalized spacial score (nSPS) is 11.0. The second-order valence-electron chi connectivity index (χ2n) is 13.0. The molecule has 44 heavy (non-hydrogen) atoms. The van der Waals surface area contributed by atoms with Gasteiger partial charge in [0, 0.05) is 0 Å². The van der Waals surface area contributed by atoms with E-state index in [2.05, 4.69) is 23.6 Å². The van der Waals surface area contributed by atoms with E-state index in [1.807, 2.05) is 0 Å². The second kappa shape index (κ2) is 37.7. The van der Waals surface area contributed by atoms with Gasteiger partial charge in [-0.3, -0.25) is 0 Å². The van der Waals surface area contributed by atoms with E-state index >= 15 is 0 Å². The van der Waals surface area contributed by atoms with Gasteiger partial charge in [-0.15, -0.1) is 0 Å². The molecule has 0 aliphatic carbocycles. The lowest BCUT2D eigenvalue weighted by Crippen LogP contribution is -2.14. The van der Waals surface area contributed by atoms with Crippen LogP contribution >= 0.6 is 0 Å². The lowest BCUT2D eigenvalue weighted by Gasteiger charge is -2.06. The van der Waals surface area contributed by atoms with Crippen LogP contribution in [0.1, 0.15) is 219 Å². The van der Waals surface area contributed by atoms with E-state index in [-0.39, 0.29) is 13.2 Å². The Morgan fingerprint density at radius 1 is 0.295 bits per heavy atom. The van der Waals surface area contributed by atoms with Gasteiger partial charge >= 0.3 is 12.3 Å². The fourth-order valence-corrected chi connectivity index (χ4v) is 5.73. The average Bonchev–Trinajstić information content (AvgIpc) is 3.03. The zero-order chi connectivity index (χ0) is 32.0. The number of hydrogen-bond acceptors (Lipinski definition) is 6. The van der Waals surface area contributed by atoms with Crippen molar-refractivity contribution in [2.45, 2.75) is 219 Å². The molecule has 0 aliphatic rings. The summed E-state index contributed by atoms with van der Waals surface area (Å²) in [5.41, 5.74) is 0. The Morgan fingerprint density at radius 2 is 0.477 bits per heavy atom. The van der Waals surface area contributed by atoms with Gasteiger partial charge in [0.1, 0.15) is 0 Å². The summed E-state index contributed by atoms with van der Waals surface area (Å²) >= 11 is 0. The van der Waals surface area contributed by atoms with Crippen molar-refractivity contribution in [3.8, 4) is 0 Å². The van der Waals surface area contributed by atoms with E-state index < -0.39 is 12.3 Å². The highest BCUT2D eigenvalue weighted by Crippen LogP contribution is 2.15.